The van der Waals surface area contributed by atoms with Crippen molar-refractivity contribution in [3.8, 4) is 11.3 Å². The third kappa shape index (κ3) is 5.87. The van der Waals surface area contributed by atoms with Crippen molar-refractivity contribution in [1.82, 2.24) is 0 Å². The normalized spacial score (nSPS) is 13.9. The standard InChI is InChI=1S/C55H55BN2O2/c1-32-26-37(53(4,5)6)21-24-42(32)57-43-17-15-18-44-49(43)56(41-23-20-36(29-45(41)57)48-30-35-16-13-14-19-46(35)59-48)52-51(40-31-38(54(7,8)9)22-25-47(40)60-52)58(44)50-33(2)27-39(28-34(50)3)55(10,11)12/h13-31H,1-12H3. The molecule has 0 amide bonds. The lowest BCUT2D eigenvalue weighted by Gasteiger charge is -2.43. The fourth-order valence-electron chi connectivity index (χ4n) is 9.77. The zero-order valence-corrected chi connectivity index (χ0v) is 37.3. The van der Waals surface area contributed by atoms with E-state index in [1.54, 1.807) is 0 Å². The maximum Gasteiger partial charge on any atom is 0.297 e. The number of anilines is 6. The Hall–Kier alpha value is -5.94. The van der Waals surface area contributed by atoms with Gasteiger partial charge in [-0.3, -0.25) is 0 Å². The Kier molecular flexibility index (Phi) is 8.31. The lowest BCUT2D eigenvalue weighted by atomic mass is 9.35. The van der Waals surface area contributed by atoms with Crippen LogP contribution in [0.5, 0.6) is 0 Å². The van der Waals surface area contributed by atoms with Crippen molar-refractivity contribution in [2.45, 2.75) is 99.3 Å². The van der Waals surface area contributed by atoms with Crippen LogP contribution in [0.25, 0.3) is 33.3 Å². The Labute approximate surface area is 355 Å². The SMILES string of the molecule is Cc1cc(C(C)(C)C)ccc1N1c2cc(-c3cc4ccccc4o3)ccc2B2c3oc4ccc(C(C)(C)C)cc4c3N(c3c(C)cc(C(C)(C)C)cc3C)c3cccc1c32. The molecule has 10 rings (SSSR count). The molecule has 0 spiro atoms. The summed E-state index contributed by atoms with van der Waals surface area (Å²) >= 11 is 0. The molecule has 60 heavy (non-hydrogen) atoms. The quantitative estimate of drug-likeness (QED) is 0.167. The largest absolute Gasteiger partial charge is 0.468 e. The molecular formula is C55H55BN2O2. The maximum atomic E-state index is 7.27. The van der Waals surface area contributed by atoms with E-state index in [-0.39, 0.29) is 23.0 Å². The molecule has 2 aliphatic rings. The number of hydrogen-bond acceptors (Lipinski definition) is 4. The second-order valence-electron chi connectivity index (χ2n) is 20.5. The molecule has 0 saturated carbocycles. The van der Waals surface area contributed by atoms with Gasteiger partial charge in [0, 0.05) is 39.1 Å². The molecule has 0 bridgehead atoms. The minimum atomic E-state index is -0.146. The van der Waals surface area contributed by atoms with E-state index in [0.29, 0.717) is 0 Å². The molecule has 5 heteroatoms. The number of nitrogens with zero attached hydrogens (tertiary/aromatic N) is 2. The van der Waals surface area contributed by atoms with Crippen LogP contribution in [0.3, 0.4) is 0 Å². The van der Waals surface area contributed by atoms with E-state index in [1.807, 2.05) is 12.1 Å². The number of rotatable bonds is 3. The van der Waals surface area contributed by atoms with E-state index in [0.717, 1.165) is 61.7 Å². The topological polar surface area (TPSA) is 32.8 Å². The first-order valence-electron chi connectivity index (χ1n) is 21.5. The van der Waals surface area contributed by atoms with Crippen LogP contribution in [0.15, 0.2) is 124 Å². The first-order chi connectivity index (χ1) is 28.4. The summed E-state index contributed by atoms with van der Waals surface area (Å²) in [6.45, 7) is 27.3. The van der Waals surface area contributed by atoms with Crippen molar-refractivity contribution in [3.63, 3.8) is 0 Å². The van der Waals surface area contributed by atoms with Gasteiger partial charge < -0.3 is 18.6 Å². The fourth-order valence-corrected chi connectivity index (χ4v) is 9.77. The molecule has 0 aliphatic carbocycles. The number of fused-ring (bicyclic) bond motifs is 7. The van der Waals surface area contributed by atoms with Crippen LogP contribution in [-0.2, 0) is 16.2 Å². The average Bonchev–Trinajstić information content (AvgIpc) is 3.79. The summed E-state index contributed by atoms with van der Waals surface area (Å²) in [5, 5.41) is 2.24. The third-order valence-corrected chi connectivity index (χ3v) is 13.0. The molecule has 2 aliphatic heterocycles. The highest BCUT2D eigenvalue weighted by atomic mass is 16.3. The first kappa shape index (κ1) is 38.3. The molecular weight excluding hydrogens is 731 g/mol. The smallest absolute Gasteiger partial charge is 0.297 e. The lowest BCUT2D eigenvalue weighted by molar-refractivity contribution is 0.589. The summed E-state index contributed by atoms with van der Waals surface area (Å²) < 4.78 is 13.8. The van der Waals surface area contributed by atoms with Gasteiger partial charge in [-0.05, 0) is 130 Å². The minimum absolute atomic E-state index is 0.0217. The molecule has 4 nitrogen and oxygen atoms in total. The first-order valence-corrected chi connectivity index (χ1v) is 21.5. The summed E-state index contributed by atoms with van der Waals surface area (Å²) in [4.78, 5) is 5.05. The highest BCUT2D eigenvalue weighted by Crippen LogP contribution is 2.50. The number of para-hydroxylation sites is 1. The zero-order valence-electron chi connectivity index (χ0n) is 37.3. The van der Waals surface area contributed by atoms with Gasteiger partial charge in [-0.15, -0.1) is 0 Å². The van der Waals surface area contributed by atoms with Crippen LogP contribution in [0, 0.1) is 20.8 Å². The van der Waals surface area contributed by atoms with Crippen LogP contribution >= 0.6 is 0 Å². The van der Waals surface area contributed by atoms with Gasteiger partial charge in [0.15, 0.2) is 0 Å². The second kappa shape index (κ2) is 13.0. The highest BCUT2D eigenvalue weighted by Gasteiger charge is 2.47. The van der Waals surface area contributed by atoms with E-state index >= 15 is 0 Å². The van der Waals surface area contributed by atoms with E-state index in [9.17, 15) is 0 Å². The van der Waals surface area contributed by atoms with Crippen LogP contribution in [0.1, 0.15) is 95.7 Å². The van der Waals surface area contributed by atoms with Crippen molar-refractivity contribution >= 4 is 79.4 Å². The van der Waals surface area contributed by atoms with Crippen molar-refractivity contribution in [2.24, 2.45) is 0 Å². The van der Waals surface area contributed by atoms with E-state index in [4.69, 9.17) is 8.83 Å². The van der Waals surface area contributed by atoms with Gasteiger partial charge in [0.25, 0.3) is 6.71 Å². The molecule has 0 saturated heterocycles. The van der Waals surface area contributed by atoms with E-state index in [2.05, 4.69) is 196 Å². The van der Waals surface area contributed by atoms with Gasteiger partial charge in [0.1, 0.15) is 16.9 Å². The highest BCUT2D eigenvalue weighted by molar-refractivity contribution is 7.00. The van der Waals surface area contributed by atoms with Crippen molar-refractivity contribution in [3.05, 3.63) is 149 Å². The van der Waals surface area contributed by atoms with E-state index in [1.165, 1.54) is 55.7 Å². The molecule has 4 heterocycles. The number of furan rings is 2. The Bertz CT molecular complexity index is 2990. The van der Waals surface area contributed by atoms with E-state index < -0.39 is 0 Å². The molecule has 0 radical (unpaired) electrons. The average molecular weight is 787 g/mol. The molecule has 6 aromatic carbocycles. The Balaban J connectivity index is 1.30. The molecule has 0 fully saturated rings. The summed E-state index contributed by atoms with van der Waals surface area (Å²) in [5.74, 6) is 0.858. The van der Waals surface area contributed by atoms with Crippen LogP contribution in [-0.4, -0.2) is 6.71 Å². The molecule has 2 aromatic heterocycles. The minimum Gasteiger partial charge on any atom is -0.468 e. The van der Waals surface area contributed by atoms with Gasteiger partial charge in [-0.25, -0.2) is 0 Å². The van der Waals surface area contributed by atoms with Crippen LogP contribution in [0.2, 0.25) is 0 Å². The molecule has 0 N–H and O–H groups in total. The van der Waals surface area contributed by atoms with Gasteiger partial charge >= 0.3 is 0 Å². The van der Waals surface area contributed by atoms with Gasteiger partial charge in [0.2, 0.25) is 0 Å². The number of benzene rings is 6. The monoisotopic (exact) mass is 786 g/mol. The van der Waals surface area contributed by atoms with Gasteiger partial charge in [-0.1, -0.05) is 129 Å². The van der Waals surface area contributed by atoms with Crippen molar-refractivity contribution in [2.75, 3.05) is 9.80 Å². The number of aryl methyl sites for hydroxylation is 3. The lowest BCUT2D eigenvalue weighted by Crippen LogP contribution is -2.61. The predicted molar refractivity (Wildman–Crippen MR) is 256 cm³/mol. The summed E-state index contributed by atoms with van der Waals surface area (Å²) in [6, 6.07) is 42.9. The summed E-state index contributed by atoms with van der Waals surface area (Å²) in [7, 11) is 0. The summed E-state index contributed by atoms with van der Waals surface area (Å²) in [6.07, 6.45) is 0. The fraction of sp³-hybridized carbons (Fsp3) is 0.273. The predicted octanol–water partition coefficient (Wildman–Crippen LogP) is 13.7. The van der Waals surface area contributed by atoms with Crippen LogP contribution < -0.4 is 26.4 Å². The molecule has 0 atom stereocenters. The maximum absolute atomic E-state index is 7.27. The Morgan fingerprint density at radius 2 is 1.10 bits per heavy atom. The third-order valence-electron chi connectivity index (χ3n) is 13.0. The zero-order chi connectivity index (χ0) is 42.2. The molecule has 0 unspecified atom stereocenters. The Morgan fingerprint density at radius 3 is 1.77 bits per heavy atom. The second-order valence-corrected chi connectivity index (χ2v) is 20.5. The van der Waals surface area contributed by atoms with Crippen molar-refractivity contribution in [1.29, 1.82) is 0 Å². The van der Waals surface area contributed by atoms with Crippen LogP contribution in [0.4, 0.5) is 34.1 Å². The molecule has 300 valence electrons. The van der Waals surface area contributed by atoms with Gasteiger partial charge in [0.05, 0.1) is 17.0 Å². The number of hydrogen-bond donors (Lipinski definition) is 0. The Morgan fingerprint density at radius 1 is 0.467 bits per heavy atom. The van der Waals surface area contributed by atoms with Crippen molar-refractivity contribution < 1.29 is 8.83 Å². The molecule has 8 aromatic rings. The summed E-state index contributed by atoms with van der Waals surface area (Å²) in [5.41, 5.74) is 21.0. The van der Waals surface area contributed by atoms with Gasteiger partial charge in [-0.2, -0.15) is 0 Å².